The quantitative estimate of drug-likeness (QED) is 0.804. The first kappa shape index (κ1) is 10.5. The number of methoxy groups -OCH3 is 1. The Hall–Kier alpha value is -0.570. The Kier molecular flexibility index (Phi) is 4.22. The lowest BCUT2D eigenvalue weighted by atomic mass is 10.1. The van der Waals surface area contributed by atoms with E-state index in [0.717, 1.165) is 11.4 Å². The van der Waals surface area contributed by atoms with Gasteiger partial charge in [-0.15, -0.1) is 0 Å². The third kappa shape index (κ3) is 3.77. The number of nitrogens with two attached hydrogens (primary N) is 1. The van der Waals surface area contributed by atoms with Gasteiger partial charge < -0.3 is 10.5 Å². The van der Waals surface area contributed by atoms with Gasteiger partial charge in [-0.05, 0) is 24.1 Å². The molecule has 0 aliphatic carbocycles. The van der Waals surface area contributed by atoms with Gasteiger partial charge in [0.25, 0.3) is 0 Å². The second kappa shape index (κ2) is 5.22. The molecule has 0 aliphatic heterocycles. The summed E-state index contributed by atoms with van der Waals surface area (Å²) in [7, 11) is 1.65. The lowest BCUT2D eigenvalue weighted by molar-refractivity contribution is 0.180. The average Bonchev–Trinajstić information content (AvgIpc) is 2.09. The third-order valence-corrected chi connectivity index (χ3v) is 2.04. The van der Waals surface area contributed by atoms with Crippen molar-refractivity contribution in [2.45, 2.75) is 12.5 Å². The summed E-state index contributed by atoms with van der Waals surface area (Å²) in [6, 6.07) is 7.77. The molecule has 0 bridgehead atoms. The van der Waals surface area contributed by atoms with Gasteiger partial charge in [0.1, 0.15) is 0 Å². The molecule has 2 N–H and O–H groups in total. The Morgan fingerprint density at radius 3 is 2.54 bits per heavy atom. The molecule has 2 nitrogen and oxygen atoms in total. The third-order valence-electron chi connectivity index (χ3n) is 1.79. The smallest absolute Gasteiger partial charge is 0.0616 e. The van der Waals surface area contributed by atoms with Crippen LogP contribution in [0.2, 0.25) is 5.02 Å². The van der Waals surface area contributed by atoms with E-state index in [1.54, 1.807) is 7.11 Å². The number of hydrogen-bond acceptors (Lipinski definition) is 2. The molecule has 72 valence electrons. The van der Waals surface area contributed by atoms with Gasteiger partial charge in [-0.3, -0.25) is 0 Å². The highest BCUT2D eigenvalue weighted by atomic mass is 35.5. The van der Waals surface area contributed by atoms with Crippen molar-refractivity contribution in [3.05, 3.63) is 34.9 Å². The van der Waals surface area contributed by atoms with E-state index >= 15 is 0 Å². The van der Waals surface area contributed by atoms with Gasteiger partial charge in [0.15, 0.2) is 0 Å². The molecule has 1 atom stereocenters. The van der Waals surface area contributed by atoms with Crippen LogP contribution < -0.4 is 5.73 Å². The molecule has 1 unspecified atom stereocenters. The van der Waals surface area contributed by atoms with Crippen LogP contribution in [-0.4, -0.2) is 19.8 Å². The molecule has 0 radical (unpaired) electrons. The first-order valence-corrected chi connectivity index (χ1v) is 4.59. The van der Waals surface area contributed by atoms with Gasteiger partial charge >= 0.3 is 0 Å². The minimum atomic E-state index is 0.0613. The highest BCUT2D eigenvalue weighted by Crippen LogP contribution is 2.10. The van der Waals surface area contributed by atoms with Gasteiger partial charge in [0, 0.05) is 18.2 Å². The van der Waals surface area contributed by atoms with E-state index in [0.29, 0.717) is 6.61 Å². The molecule has 3 heteroatoms. The standard InChI is InChI=1S/C10H14ClNO/c1-13-7-10(12)6-8-2-4-9(11)5-3-8/h2-5,10H,6-7,12H2,1H3. The van der Waals surface area contributed by atoms with Crippen molar-refractivity contribution in [2.75, 3.05) is 13.7 Å². The molecule has 13 heavy (non-hydrogen) atoms. The summed E-state index contributed by atoms with van der Waals surface area (Å²) in [5.74, 6) is 0. The van der Waals surface area contributed by atoms with Crippen LogP contribution >= 0.6 is 11.6 Å². The van der Waals surface area contributed by atoms with E-state index in [1.165, 1.54) is 5.56 Å². The monoisotopic (exact) mass is 199 g/mol. The Balaban J connectivity index is 2.49. The summed E-state index contributed by atoms with van der Waals surface area (Å²) in [5.41, 5.74) is 6.99. The van der Waals surface area contributed by atoms with E-state index in [1.807, 2.05) is 24.3 Å². The zero-order valence-electron chi connectivity index (χ0n) is 7.66. The number of halogens is 1. The van der Waals surface area contributed by atoms with E-state index < -0.39 is 0 Å². The molecule has 1 aromatic rings. The van der Waals surface area contributed by atoms with Crippen LogP contribution in [0.4, 0.5) is 0 Å². The van der Waals surface area contributed by atoms with Gasteiger partial charge in [0.2, 0.25) is 0 Å². The fourth-order valence-electron chi connectivity index (χ4n) is 1.20. The van der Waals surface area contributed by atoms with Crippen LogP contribution in [0.25, 0.3) is 0 Å². The van der Waals surface area contributed by atoms with E-state index in [4.69, 9.17) is 22.1 Å². The molecule has 0 aromatic heterocycles. The SMILES string of the molecule is COCC(N)Cc1ccc(Cl)cc1. The predicted octanol–water partition coefficient (Wildman–Crippen LogP) is 1.86. The molecular weight excluding hydrogens is 186 g/mol. The van der Waals surface area contributed by atoms with Crippen molar-refractivity contribution in [3.8, 4) is 0 Å². The summed E-state index contributed by atoms with van der Waals surface area (Å²) in [6.45, 7) is 0.586. The van der Waals surface area contributed by atoms with Crippen LogP contribution in [0.1, 0.15) is 5.56 Å². The van der Waals surface area contributed by atoms with Gasteiger partial charge in [-0.1, -0.05) is 23.7 Å². The Morgan fingerprint density at radius 1 is 1.38 bits per heavy atom. The van der Waals surface area contributed by atoms with E-state index in [9.17, 15) is 0 Å². The lowest BCUT2D eigenvalue weighted by Gasteiger charge is -2.09. The predicted molar refractivity (Wildman–Crippen MR) is 55.0 cm³/mol. The molecule has 0 saturated heterocycles. The molecule has 0 aliphatic rings. The summed E-state index contributed by atoms with van der Waals surface area (Å²) in [5, 5.41) is 0.754. The molecule has 0 saturated carbocycles. The summed E-state index contributed by atoms with van der Waals surface area (Å²) >= 11 is 5.75. The van der Waals surface area contributed by atoms with Crippen molar-refractivity contribution in [1.82, 2.24) is 0 Å². The van der Waals surface area contributed by atoms with Gasteiger partial charge in [0.05, 0.1) is 6.61 Å². The number of rotatable bonds is 4. The fourth-order valence-corrected chi connectivity index (χ4v) is 1.32. The summed E-state index contributed by atoms with van der Waals surface area (Å²) in [4.78, 5) is 0. The lowest BCUT2D eigenvalue weighted by Crippen LogP contribution is -2.27. The summed E-state index contributed by atoms with van der Waals surface area (Å²) in [6.07, 6.45) is 0.824. The number of benzene rings is 1. The number of hydrogen-bond donors (Lipinski definition) is 1. The fraction of sp³-hybridized carbons (Fsp3) is 0.400. The number of ether oxygens (including phenoxy) is 1. The maximum atomic E-state index is 5.80. The Morgan fingerprint density at radius 2 is 2.00 bits per heavy atom. The molecule has 0 amide bonds. The van der Waals surface area contributed by atoms with Gasteiger partial charge in [-0.2, -0.15) is 0 Å². The zero-order valence-corrected chi connectivity index (χ0v) is 8.42. The van der Waals surface area contributed by atoms with Crippen molar-refractivity contribution in [1.29, 1.82) is 0 Å². The van der Waals surface area contributed by atoms with Crippen LogP contribution in [0, 0.1) is 0 Å². The molecule has 0 fully saturated rings. The maximum Gasteiger partial charge on any atom is 0.0616 e. The zero-order chi connectivity index (χ0) is 9.68. The average molecular weight is 200 g/mol. The maximum absolute atomic E-state index is 5.80. The Bertz CT molecular complexity index is 248. The first-order valence-electron chi connectivity index (χ1n) is 4.21. The highest BCUT2D eigenvalue weighted by molar-refractivity contribution is 6.30. The van der Waals surface area contributed by atoms with Crippen LogP contribution in [-0.2, 0) is 11.2 Å². The largest absolute Gasteiger partial charge is 0.383 e. The molecule has 1 rings (SSSR count). The van der Waals surface area contributed by atoms with Crippen molar-refractivity contribution in [2.24, 2.45) is 5.73 Å². The normalized spacial score (nSPS) is 12.8. The minimum absolute atomic E-state index is 0.0613. The Labute approximate surface area is 83.6 Å². The van der Waals surface area contributed by atoms with Gasteiger partial charge in [-0.25, -0.2) is 0 Å². The van der Waals surface area contributed by atoms with Crippen LogP contribution in [0.15, 0.2) is 24.3 Å². The highest BCUT2D eigenvalue weighted by Gasteiger charge is 2.02. The first-order chi connectivity index (χ1) is 6.22. The molecule has 1 aromatic carbocycles. The molecule has 0 spiro atoms. The molecular formula is C10H14ClNO. The van der Waals surface area contributed by atoms with Crippen molar-refractivity contribution < 1.29 is 4.74 Å². The van der Waals surface area contributed by atoms with Crippen molar-refractivity contribution in [3.63, 3.8) is 0 Å². The second-order valence-corrected chi connectivity index (χ2v) is 3.48. The summed E-state index contributed by atoms with van der Waals surface area (Å²) < 4.78 is 4.95. The second-order valence-electron chi connectivity index (χ2n) is 3.05. The van der Waals surface area contributed by atoms with Crippen LogP contribution in [0.5, 0.6) is 0 Å². The van der Waals surface area contributed by atoms with E-state index in [2.05, 4.69) is 0 Å². The van der Waals surface area contributed by atoms with E-state index in [-0.39, 0.29) is 6.04 Å². The van der Waals surface area contributed by atoms with Crippen LogP contribution in [0.3, 0.4) is 0 Å². The topological polar surface area (TPSA) is 35.2 Å². The van der Waals surface area contributed by atoms with Crippen molar-refractivity contribution >= 4 is 11.6 Å². The minimum Gasteiger partial charge on any atom is -0.383 e. The molecule has 0 heterocycles.